The number of hydrogen-bond acceptors (Lipinski definition) is 3. The normalized spacial score (nSPS) is 10.9. The number of carbonyl (C=O) groups is 1. The maximum Gasteiger partial charge on any atom is 0.513 e. The zero-order valence-electron chi connectivity index (χ0n) is 11.7. The SMILES string of the molecule is CCOC(=O)Oc1c2ccccc2cc2cc(Cl)cc(Cl)c12. The van der Waals surface area contributed by atoms with E-state index in [0.717, 1.165) is 16.2 Å². The van der Waals surface area contributed by atoms with E-state index in [2.05, 4.69) is 0 Å². The van der Waals surface area contributed by atoms with Crippen LogP contribution in [-0.4, -0.2) is 12.8 Å². The quantitative estimate of drug-likeness (QED) is 0.335. The fraction of sp³-hybridized carbons (Fsp3) is 0.118. The maximum absolute atomic E-state index is 11.8. The summed E-state index contributed by atoms with van der Waals surface area (Å²) in [5, 5.41) is 4.09. The third kappa shape index (κ3) is 2.70. The van der Waals surface area contributed by atoms with Gasteiger partial charge in [0.1, 0.15) is 0 Å². The maximum atomic E-state index is 11.8. The third-order valence-corrected chi connectivity index (χ3v) is 3.79. The average molecular weight is 335 g/mol. The molecule has 3 nitrogen and oxygen atoms in total. The predicted octanol–water partition coefficient (Wildman–Crippen LogP) is 5.84. The van der Waals surface area contributed by atoms with Crippen molar-refractivity contribution in [3.63, 3.8) is 0 Å². The fourth-order valence-corrected chi connectivity index (χ4v) is 3.01. The van der Waals surface area contributed by atoms with Crippen LogP contribution < -0.4 is 4.74 Å². The zero-order valence-corrected chi connectivity index (χ0v) is 13.2. The molecule has 112 valence electrons. The standard InChI is InChI=1S/C17H12Cl2O3/c1-2-21-17(20)22-16-13-6-4-3-5-10(13)7-11-8-12(18)9-14(19)15(11)16/h3-9H,2H2,1H3. The number of carbonyl (C=O) groups excluding carboxylic acids is 1. The van der Waals surface area contributed by atoms with Crippen LogP contribution in [0.15, 0.2) is 42.5 Å². The van der Waals surface area contributed by atoms with Gasteiger partial charge in [-0.3, -0.25) is 0 Å². The Hall–Kier alpha value is -1.97. The van der Waals surface area contributed by atoms with Crippen molar-refractivity contribution >= 4 is 50.9 Å². The monoisotopic (exact) mass is 334 g/mol. The van der Waals surface area contributed by atoms with Crippen molar-refractivity contribution < 1.29 is 14.3 Å². The van der Waals surface area contributed by atoms with Crippen molar-refractivity contribution in [1.82, 2.24) is 0 Å². The van der Waals surface area contributed by atoms with Gasteiger partial charge in [-0.1, -0.05) is 47.5 Å². The van der Waals surface area contributed by atoms with Gasteiger partial charge in [0, 0.05) is 15.8 Å². The number of benzene rings is 3. The minimum atomic E-state index is -0.758. The first-order valence-electron chi connectivity index (χ1n) is 6.75. The first-order valence-corrected chi connectivity index (χ1v) is 7.51. The highest BCUT2D eigenvalue weighted by Crippen LogP contribution is 2.40. The summed E-state index contributed by atoms with van der Waals surface area (Å²) in [6.45, 7) is 1.95. The van der Waals surface area contributed by atoms with E-state index < -0.39 is 6.16 Å². The van der Waals surface area contributed by atoms with Gasteiger partial charge < -0.3 is 9.47 Å². The molecule has 3 rings (SSSR count). The Labute approximate surface area is 137 Å². The molecule has 0 aliphatic heterocycles. The van der Waals surface area contributed by atoms with Crippen LogP contribution in [0.2, 0.25) is 10.0 Å². The van der Waals surface area contributed by atoms with Crippen molar-refractivity contribution in [2.45, 2.75) is 6.92 Å². The van der Waals surface area contributed by atoms with E-state index in [1.54, 1.807) is 19.1 Å². The first-order chi connectivity index (χ1) is 10.6. The topological polar surface area (TPSA) is 35.5 Å². The molecule has 0 aromatic heterocycles. The highest BCUT2D eigenvalue weighted by molar-refractivity contribution is 6.39. The van der Waals surface area contributed by atoms with Gasteiger partial charge >= 0.3 is 6.16 Å². The molecule has 0 aliphatic rings. The molecular weight excluding hydrogens is 323 g/mol. The molecule has 0 atom stereocenters. The molecule has 0 saturated heterocycles. The molecule has 22 heavy (non-hydrogen) atoms. The molecule has 0 saturated carbocycles. The summed E-state index contributed by atoms with van der Waals surface area (Å²) < 4.78 is 10.3. The highest BCUT2D eigenvalue weighted by atomic mass is 35.5. The van der Waals surface area contributed by atoms with E-state index in [4.69, 9.17) is 32.7 Å². The Kier molecular flexibility index (Phi) is 4.10. The summed E-state index contributed by atoms with van der Waals surface area (Å²) >= 11 is 12.4. The Morgan fingerprint density at radius 1 is 1.09 bits per heavy atom. The van der Waals surface area contributed by atoms with Gasteiger partial charge in [0.05, 0.1) is 11.6 Å². The molecule has 3 aromatic carbocycles. The summed E-state index contributed by atoms with van der Waals surface area (Å²) in [7, 11) is 0. The molecule has 0 unspecified atom stereocenters. The van der Waals surface area contributed by atoms with Crippen LogP contribution in [0.3, 0.4) is 0 Å². The molecule has 0 N–H and O–H groups in total. The minimum absolute atomic E-state index is 0.237. The van der Waals surface area contributed by atoms with E-state index in [1.807, 2.05) is 30.3 Å². The van der Waals surface area contributed by atoms with Gasteiger partial charge in [-0.2, -0.15) is 0 Å². The molecule has 0 amide bonds. The summed E-state index contributed by atoms with van der Waals surface area (Å²) in [5.74, 6) is 0.383. The smallest absolute Gasteiger partial charge is 0.434 e. The Morgan fingerprint density at radius 3 is 2.64 bits per heavy atom. The zero-order chi connectivity index (χ0) is 15.7. The van der Waals surface area contributed by atoms with Gasteiger partial charge in [-0.25, -0.2) is 4.79 Å². The largest absolute Gasteiger partial charge is 0.513 e. The third-order valence-electron chi connectivity index (χ3n) is 3.28. The Bertz CT molecular complexity index is 875. The number of hydrogen-bond donors (Lipinski definition) is 0. The number of fused-ring (bicyclic) bond motifs is 2. The predicted molar refractivity (Wildman–Crippen MR) is 89.1 cm³/mol. The lowest BCUT2D eigenvalue weighted by atomic mass is 10.0. The van der Waals surface area contributed by atoms with Crippen molar-refractivity contribution in [3.8, 4) is 5.75 Å². The molecule has 0 spiro atoms. The van der Waals surface area contributed by atoms with E-state index in [9.17, 15) is 4.79 Å². The number of rotatable bonds is 2. The van der Waals surface area contributed by atoms with Crippen molar-refractivity contribution in [3.05, 3.63) is 52.5 Å². The van der Waals surface area contributed by atoms with Crippen molar-refractivity contribution in [1.29, 1.82) is 0 Å². The second-order valence-corrected chi connectivity index (χ2v) is 5.54. The fourth-order valence-electron chi connectivity index (χ4n) is 2.42. The second-order valence-electron chi connectivity index (χ2n) is 4.70. The molecule has 5 heteroatoms. The lowest BCUT2D eigenvalue weighted by Crippen LogP contribution is -2.10. The van der Waals surface area contributed by atoms with Gasteiger partial charge in [0.2, 0.25) is 0 Å². The number of halogens is 2. The van der Waals surface area contributed by atoms with Gasteiger partial charge in [-0.05, 0) is 35.9 Å². The van der Waals surface area contributed by atoms with E-state index in [1.165, 1.54) is 0 Å². The first kappa shape index (κ1) is 14.9. The summed E-state index contributed by atoms with van der Waals surface area (Å²) in [4.78, 5) is 11.8. The molecular formula is C17H12Cl2O3. The molecule has 0 bridgehead atoms. The average Bonchev–Trinajstić information content (AvgIpc) is 2.46. The van der Waals surface area contributed by atoms with Crippen molar-refractivity contribution in [2.75, 3.05) is 6.61 Å². The lowest BCUT2D eigenvalue weighted by molar-refractivity contribution is 0.105. The van der Waals surface area contributed by atoms with Crippen LogP contribution >= 0.6 is 23.2 Å². The van der Waals surface area contributed by atoms with E-state index in [0.29, 0.717) is 21.2 Å². The second kappa shape index (κ2) is 6.03. The molecule has 0 aliphatic carbocycles. The van der Waals surface area contributed by atoms with Crippen LogP contribution in [0, 0.1) is 0 Å². The van der Waals surface area contributed by atoms with Crippen LogP contribution in [0.1, 0.15) is 6.92 Å². The van der Waals surface area contributed by atoms with Gasteiger partial charge in [-0.15, -0.1) is 0 Å². The van der Waals surface area contributed by atoms with Crippen LogP contribution in [0.25, 0.3) is 21.5 Å². The van der Waals surface area contributed by atoms with Gasteiger partial charge in [0.15, 0.2) is 5.75 Å². The lowest BCUT2D eigenvalue weighted by Gasteiger charge is -2.13. The summed E-state index contributed by atoms with van der Waals surface area (Å²) in [5.41, 5.74) is 0. The van der Waals surface area contributed by atoms with E-state index in [-0.39, 0.29) is 6.61 Å². The van der Waals surface area contributed by atoms with Crippen molar-refractivity contribution in [2.24, 2.45) is 0 Å². The van der Waals surface area contributed by atoms with Crippen LogP contribution in [0.5, 0.6) is 5.75 Å². The molecule has 3 aromatic rings. The van der Waals surface area contributed by atoms with Crippen LogP contribution in [-0.2, 0) is 4.74 Å². The molecule has 0 fully saturated rings. The summed E-state index contributed by atoms with van der Waals surface area (Å²) in [6, 6.07) is 13.0. The summed E-state index contributed by atoms with van der Waals surface area (Å²) in [6.07, 6.45) is -0.758. The van der Waals surface area contributed by atoms with Crippen LogP contribution in [0.4, 0.5) is 4.79 Å². The number of ether oxygens (including phenoxy) is 2. The van der Waals surface area contributed by atoms with E-state index >= 15 is 0 Å². The highest BCUT2D eigenvalue weighted by Gasteiger charge is 2.16. The molecule has 0 radical (unpaired) electrons. The Morgan fingerprint density at radius 2 is 1.86 bits per heavy atom. The Balaban J connectivity index is 2.33. The molecule has 0 heterocycles. The van der Waals surface area contributed by atoms with Gasteiger partial charge in [0.25, 0.3) is 0 Å². The minimum Gasteiger partial charge on any atom is -0.434 e.